The van der Waals surface area contributed by atoms with E-state index in [2.05, 4.69) is 8.37 Å². The third-order valence-corrected chi connectivity index (χ3v) is 5.89. The van der Waals surface area contributed by atoms with Crippen LogP contribution in [0.2, 0.25) is 0 Å². The molecule has 21 heavy (non-hydrogen) atoms. The van der Waals surface area contributed by atoms with Gasteiger partial charge < -0.3 is 0 Å². The summed E-state index contributed by atoms with van der Waals surface area (Å²) in [5, 5.41) is 0. The zero-order valence-corrected chi connectivity index (χ0v) is 13.0. The minimum atomic E-state index is -4.60. The number of thiophene rings is 1. The molecule has 1 aliphatic heterocycles. The number of aryl methyl sites for hydroxylation is 1. The van der Waals surface area contributed by atoms with Gasteiger partial charge in [-0.05, 0) is 31.2 Å². The van der Waals surface area contributed by atoms with E-state index in [1.165, 1.54) is 11.3 Å². The van der Waals surface area contributed by atoms with Crippen LogP contribution in [0.15, 0.2) is 0 Å². The van der Waals surface area contributed by atoms with Gasteiger partial charge in [0, 0.05) is 15.3 Å². The second kappa shape index (κ2) is 4.98. The van der Waals surface area contributed by atoms with Crippen molar-refractivity contribution in [3.05, 3.63) is 20.9 Å². The maximum Gasteiger partial charge on any atom is 0.397 e. The van der Waals surface area contributed by atoms with Gasteiger partial charge in [-0.15, -0.1) is 11.3 Å². The molecule has 0 aromatic carbocycles. The summed E-state index contributed by atoms with van der Waals surface area (Å²) < 4.78 is 70.6. The Kier molecular flexibility index (Phi) is 3.64. The summed E-state index contributed by atoms with van der Waals surface area (Å²) in [6.07, 6.45) is 0.248. The molecule has 2 N–H and O–H groups in total. The molecule has 11 heteroatoms. The second-order valence-corrected chi connectivity index (χ2v) is 8.12. The molecule has 0 fully saturated rings. The Labute approximate surface area is 125 Å². The van der Waals surface area contributed by atoms with Crippen molar-refractivity contribution in [3.63, 3.8) is 0 Å². The SMILES string of the molecule is O=S(=O)(O)OC1CCc2sc1c1c2CCC1OS(=O)(=O)O. The largest absolute Gasteiger partial charge is 0.397 e. The quantitative estimate of drug-likeness (QED) is 0.774. The summed E-state index contributed by atoms with van der Waals surface area (Å²) >= 11 is 1.33. The van der Waals surface area contributed by atoms with Crippen molar-refractivity contribution in [3.8, 4) is 0 Å². The van der Waals surface area contributed by atoms with E-state index in [-0.39, 0.29) is 0 Å². The van der Waals surface area contributed by atoms with Gasteiger partial charge in [-0.2, -0.15) is 16.8 Å². The van der Waals surface area contributed by atoms with Crippen molar-refractivity contribution in [1.82, 2.24) is 0 Å². The average Bonchev–Trinajstić information content (AvgIpc) is 2.81. The molecule has 2 aliphatic rings. The summed E-state index contributed by atoms with van der Waals surface area (Å²) in [6.45, 7) is 0. The molecule has 0 saturated heterocycles. The van der Waals surface area contributed by atoms with E-state index in [0.29, 0.717) is 36.1 Å². The highest BCUT2D eigenvalue weighted by atomic mass is 32.3. The number of hydrogen-bond acceptors (Lipinski definition) is 7. The summed E-state index contributed by atoms with van der Waals surface area (Å²) in [6, 6.07) is 0. The molecule has 0 spiro atoms. The molecule has 1 aliphatic carbocycles. The van der Waals surface area contributed by atoms with Gasteiger partial charge in [0.15, 0.2) is 0 Å². The van der Waals surface area contributed by atoms with Crippen LogP contribution in [0.25, 0.3) is 0 Å². The highest BCUT2D eigenvalue weighted by Crippen LogP contribution is 2.50. The molecule has 0 radical (unpaired) electrons. The molecule has 8 nitrogen and oxygen atoms in total. The standard InChI is InChI=1S/C10H12O8S3/c11-20(12,13)17-6-2-1-5-8-4-3-7(18-21(14,15)16)10(19-8)9(5)6/h6-7H,1-4H2,(H,11,12,13)(H,14,15,16). The number of hydrogen-bond donors (Lipinski definition) is 2. The molecule has 1 aromatic heterocycles. The van der Waals surface area contributed by atoms with Crippen molar-refractivity contribution >= 4 is 32.1 Å². The number of rotatable bonds is 4. The Morgan fingerprint density at radius 2 is 1.52 bits per heavy atom. The van der Waals surface area contributed by atoms with Gasteiger partial charge >= 0.3 is 20.8 Å². The van der Waals surface area contributed by atoms with E-state index in [4.69, 9.17) is 9.11 Å². The Balaban J connectivity index is 1.98. The van der Waals surface area contributed by atoms with Gasteiger partial charge in [0.05, 0.1) is 0 Å². The predicted molar refractivity (Wildman–Crippen MR) is 71.7 cm³/mol. The van der Waals surface area contributed by atoms with Crippen LogP contribution in [-0.2, 0) is 42.0 Å². The highest BCUT2D eigenvalue weighted by molar-refractivity contribution is 7.81. The van der Waals surface area contributed by atoms with Crippen molar-refractivity contribution < 1.29 is 34.3 Å². The summed E-state index contributed by atoms with van der Waals surface area (Å²) in [7, 11) is -9.21. The van der Waals surface area contributed by atoms with Gasteiger partial charge in [0.2, 0.25) is 0 Å². The minimum Gasteiger partial charge on any atom is -0.264 e. The maximum absolute atomic E-state index is 10.9. The molecule has 118 valence electrons. The van der Waals surface area contributed by atoms with Crippen LogP contribution in [0.3, 0.4) is 0 Å². The van der Waals surface area contributed by atoms with Crippen LogP contribution in [-0.4, -0.2) is 25.9 Å². The Morgan fingerprint density at radius 3 is 2.14 bits per heavy atom. The van der Waals surface area contributed by atoms with Gasteiger partial charge in [0.1, 0.15) is 12.2 Å². The molecule has 1 aromatic rings. The van der Waals surface area contributed by atoms with Crippen LogP contribution in [0, 0.1) is 0 Å². The fourth-order valence-electron chi connectivity index (χ4n) is 2.91. The van der Waals surface area contributed by atoms with E-state index < -0.39 is 33.0 Å². The topological polar surface area (TPSA) is 127 Å². The molecule has 2 heterocycles. The lowest BCUT2D eigenvalue weighted by atomic mass is 10.1. The van der Waals surface area contributed by atoms with Crippen LogP contribution in [0.1, 0.15) is 45.9 Å². The first-order valence-electron chi connectivity index (χ1n) is 6.10. The smallest absolute Gasteiger partial charge is 0.264 e. The molecule has 0 saturated carbocycles. The third-order valence-electron chi connectivity index (χ3n) is 3.54. The van der Waals surface area contributed by atoms with Crippen LogP contribution >= 0.6 is 11.3 Å². The molecule has 3 rings (SSSR count). The van der Waals surface area contributed by atoms with E-state index in [0.717, 1.165) is 10.4 Å². The Bertz CT molecular complexity index is 743. The van der Waals surface area contributed by atoms with E-state index in [1.807, 2.05) is 0 Å². The fourth-order valence-corrected chi connectivity index (χ4v) is 5.43. The summed E-state index contributed by atoms with van der Waals surface area (Å²) in [5.41, 5.74) is 1.50. The Hall–Kier alpha value is -0.560. The van der Waals surface area contributed by atoms with E-state index in [9.17, 15) is 16.8 Å². The van der Waals surface area contributed by atoms with Gasteiger partial charge in [-0.3, -0.25) is 9.11 Å². The summed E-state index contributed by atoms with van der Waals surface area (Å²) in [4.78, 5) is 1.58. The van der Waals surface area contributed by atoms with Gasteiger partial charge in [0.25, 0.3) is 0 Å². The molecular formula is C10H12O8S3. The Morgan fingerprint density at radius 1 is 0.952 bits per heavy atom. The maximum atomic E-state index is 10.9. The lowest BCUT2D eigenvalue weighted by Gasteiger charge is -2.19. The minimum absolute atomic E-state index is 0.378. The number of fused-ring (bicyclic) bond motifs is 5. The van der Waals surface area contributed by atoms with Crippen molar-refractivity contribution in [2.24, 2.45) is 0 Å². The normalized spacial score (nSPS) is 25.0. The zero-order chi connectivity index (χ0) is 15.4. The monoisotopic (exact) mass is 356 g/mol. The lowest BCUT2D eigenvalue weighted by Crippen LogP contribution is -2.15. The fraction of sp³-hybridized carbons (Fsp3) is 0.600. The van der Waals surface area contributed by atoms with Crippen LogP contribution in [0.4, 0.5) is 0 Å². The molecule has 2 bridgehead atoms. The van der Waals surface area contributed by atoms with E-state index in [1.54, 1.807) is 0 Å². The first kappa shape index (κ1) is 15.3. The molecule has 2 atom stereocenters. The lowest BCUT2D eigenvalue weighted by molar-refractivity contribution is 0.163. The zero-order valence-electron chi connectivity index (χ0n) is 10.6. The first-order chi connectivity index (χ1) is 9.64. The van der Waals surface area contributed by atoms with Gasteiger partial charge in [-0.1, -0.05) is 0 Å². The van der Waals surface area contributed by atoms with Crippen molar-refractivity contribution in [2.45, 2.75) is 37.9 Å². The second-order valence-electron chi connectivity index (χ2n) is 4.88. The average molecular weight is 356 g/mol. The van der Waals surface area contributed by atoms with Crippen molar-refractivity contribution in [2.75, 3.05) is 0 Å². The third kappa shape index (κ3) is 3.13. The van der Waals surface area contributed by atoms with E-state index >= 15 is 0 Å². The predicted octanol–water partition coefficient (Wildman–Crippen LogP) is 1.36. The molecule has 0 amide bonds. The highest BCUT2D eigenvalue weighted by Gasteiger charge is 2.39. The molecular weight excluding hydrogens is 344 g/mol. The van der Waals surface area contributed by atoms with Crippen LogP contribution < -0.4 is 0 Å². The van der Waals surface area contributed by atoms with Crippen molar-refractivity contribution in [1.29, 1.82) is 0 Å². The summed E-state index contributed by atoms with van der Waals surface area (Å²) in [5.74, 6) is 0. The first-order valence-corrected chi connectivity index (χ1v) is 9.64. The molecule has 2 unspecified atom stereocenters. The van der Waals surface area contributed by atoms with Gasteiger partial charge in [-0.25, -0.2) is 8.37 Å². The van der Waals surface area contributed by atoms with Crippen LogP contribution in [0.5, 0.6) is 0 Å².